The molecule has 2 fully saturated rings. The molecule has 2 saturated heterocycles. The summed E-state index contributed by atoms with van der Waals surface area (Å²) in [5.41, 5.74) is 0.992. The normalized spacial score (nSPS) is 24.6. The molecule has 0 amide bonds. The van der Waals surface area contributed by atoms with E-state index in [4.69, 9.17) is 0 Å². The summed E-state index contributed by atoms with van der Waals surface area (Å²) in [5, 5.41) is 3.08. The Bertz CT molecular complexity index is 637. The summed E-state index contributed by atoms with van der Waals surface area (Å²) in [7, 11) is -2.94. The molecule has 1 aromatic carbocycles. The molecule has 1 atom stereocenters. The first-order chi connectivity index (χ1) is 11.1. The monoisotopic (exact) mass is 335 g/mol. The number of rotatable bonds is 3. The SMILES string of the molecule is O=S1(=O)CCCC1CN=C(Nc1ccccc1)N1CCCCC1. The molecule has 0 radical (unpaired) electrons. The van der Waals surface area contributed by atoms with Gasteiger partial charge in [0, 0.05) is 18.8 Å². The molecule has 0 aromatic heterocycles. The van der Waals surface area contributed by atoms with Gasteiger partial charge in [-0.25, -0.2) is 8.42 Å². The molecule has 1 aromatic rings. The molecule has 126 valence electrons. The van der Waals surface area contributed by atoms with Crippen molar-refractivity contribution in [1.29, 1.82) is 0 Å². The first kappa shape index (κ1) is 16.3. The van der Waals surface area contributed by atoms with Gasteiger partial charge in [-0.15, -0.1) is 0 Å². The summed E-state index contributed by atoms with van der Waals surface area (Å²) in [6.45, 7) is 2.33. The Hall–Kier alpha value is -1.56. The van der Waals surface area contributed by atoms with Gasteiger partial charge < -0.3 is 10.2 Å². The van der Waals surface area contributed by atoms with E-state index in [-0.39, 0.29) is 5.25 Å². The number of hydrogen-bond acceptors (Lipinski definition) is 3. The van der Waals surface area contributed by atoms with Crippen LogP contribution in [0.15, 0.2) is 35.3 Å². The zero-order valence-electron chi connectivity index (χ0n) is 13.4. The maximum atomic E-state index is 12.0. The number of para-hydroxylation sites is 1. The van der Waals surface area contributed by atoms with Gasteiger partial charge in [0.15, 0.2) is 15.8 Å². The maximum absolute atomic E-state index is 12.0. The molecule has 3 rings (SSSR count). The van der Waals surface area contributed by atoms with Crippen LogP contribution in [0.3, 0.4) is 0 Å². The lowest BCUT2D eigenvalue weighted by molar-refractivity contribution is 0.340. The van der Waals surface area contributed by atoms with Crippen LogP contribution in [-0.2, 0) is 9.84 Å². The van der Waals surface area contributed by atoms with E-state index in [9.17, 15) is 8.42 Å². The van der Waals surface area contributed by atoms with Crippen molar-refractivity contribution in [3.05, 3.63) is 30.3 Å². The van der Waals surface area contributed by atoms with Gasteiger partial charge in [-0.05, 0) is 44.2 Å². The molecule has 2 aliphatic rings. The van der Waals surface area contributed by atoms with Crippen LogP contribution in [0, 0.1) is 0 Å². The van der Waals surface area contributed by atoms with E-state index < -0.39 is 9.84 Å². The highest BCUT2D eigenvalue weighted by atomic mass is 32.2. The quantitative estimate of drug-likeness (QED) is 0.681. The fraction of sp³-hybridized carbons (Fsp3) is 0.588. The highest BCUT2D eigenvalue weighted by Crippen LogP contribution is 2.21. The van der Waals surface area contributed by atoms with Crippen LogP contribution in [0.4, 0.5) is 5.69 Å². The third kappa shape index (κ3) is 4.25. The minimum Gasteiger partial charge on any atom is -0.343 e. The number of nitrogens with one attached hydrogen (secondary N) is 1. The average Bonchev–Trinajstić information content (AvgIpc) is 2.92. The van der Waals surface area contributed by atoms with Crippen LogP contribution in [-0.4, -0.2) is 49.9 Å². The fourth-order valence-electron chi connectivity index (χ4n) is 3.23. The molecule has 0 saturated carbocycles. The molecule has 2 aliphatic heterocycles. The van der Waals surface area contributed by atoms with Crippen LogP contribution in [0.1, 0.15) is 32.1 Å². The maximum Gasteiger partial charge on any atom is 0.198 e. The first-order valence-corrected chi connectivity index (χ1v) is 10.2. The Morgan fingerprint density at radius 2 is 1.87 bits per heavy atom. The Balaban J connectivity index is 1.75. The molecule has 23 heavy (non-hydrogen) atoms. The smallest absolute Gasteiger partial charge is 0.198 e. The topological polar surface area (TPSA) is 61.8 Å². The highest BCUT2D eigenvalue weighted by Gasteiger charge is 2.31. The van der Waals surface area contributed by atoms with Crippen LogP contribution in [0.25, 0.3) is 0 Å². The average molecular weight is 335 g/mol. The van der Waals surface area contributed by atoms with Gasteiger partial charge in [-0.2, -0.15) is 0 Å². The van der Waals surface area contributed by atoms with Crippen molar-refractivity contribution in [3.63, 3.8) is 0 Å². The lowest BCUT2D eigenvalue weighted by atomic mass is 10.1. The van der Waals surface area contributed by atoms with Gasteiger partial charge in [0.1, 0.15) is 0 Å². The molecule has 5 nitrogen and oxygen atoms in total. The van der Waals surface area contributed by atoms with Gasteiger partial charge in [0.05, 0.1) is 17.5 Å². The van der Waals surface area contributed by atoms with Gasteiger partial charge in [0.25, 0.3) is 0 Å². The van der Waals surface area contributed by atoms with Crippen LogP contribution < -0.4 is 5.32 Å². The van der Waals surface area contributed by atoms with Gasteiger partial charge >= 0.3 is 0 Å². The largest absolute Gasteiger partial charge is 0.343 e. The fourth-order valence-corrected chi connectivity index (χ4v) is 4.96. The van der Waals surface area contributed by atoms with E-state index in [1.807, 2.05) is 30.3 Å². The van der Waals surface area contributed by atoms with Crippen molar-refractivity contribution in [1.82, 2.24) is 4.90 Å². The summed E-state index contributed by atoms with van der Waals surface area (Å²) in [5.74, 6) is 1.14. The molecule has 2 heterocycles. The number of sulfone groups is 1. The summed E-state index contributed by atoms with van der Waals surface area (Å²) >= 11 is 0. The predicted molar refractivity (Wildman–Crippen MR) is 94.6 cm³/mol. The number of guanidine groups is 1. The number of anilines is 1. The zero-order chi connectivity index (χ0) is 16.1. The third-order valence-electron chi connectivity index (χ3n) is 4.59. The number of likely N-dealkylation sites (tertiary alicyclic amines) is 1. The van der Waals surface area contributed by atoms with E-state index >= 15 is 0 Å². The van der Waals surface area contributed by atoms with E-state index in [0.717, 1.165) is 50.4 Å². The number of aliphatic imine (C=N–C) groups is 1. The van der Waals surface area contributed by atoms with Gasteiger partial charge in [0.2, 0.25) is 0 Å². The van der Waals surface area contributed by atoms with Crippen LogP contribution in [0.5, 0.6) is 0 Å². The van der Waals surface area contributed by atoms with Gasteiger partial charge in [-0.3, -0.25) is 4.99 Å². The molecule has 6 heteroatoms. The molecule has 1 unspecified atom stereocenters. The Kier molecular flexibility index (Phi) is 5.20. The minimum absolute atomic E-state index is 0.306. The summed E-state index contributed by atoms with van der Waals surface area (Å²) in [4.78, 5) is 6.92. The molecule has 0 bridgehead atoms. The summed E-state index contributed by atoms with van der Waals surface area (Å²) < 4.78 is 24.0. The second-order valence-electron chi connectivity index (χ2n) is 6.33. The van der Waals surface area contributed by atoms with Crippen molar-refractivity contribution < 1.29 is 8.42 Å². The Morgan fingerprint density at radius 1 is 1.13 bits per heavy atom. The van der Waals surface area contributed by atoms with Crippen molar-refractivity contribution in [2.45, 2.75) is 37.4 Å². The van der Waals surface area contributed by atoms with Crippen LogP contribution in [0.2, 0.25) is 0 Å². The molecule has 0 spiro atoms. The molecule has 1 N–H and O–H groups in total. The third-order valence-corrected chi connectivity index (χ3v) is 6.85. The summed E-state index contributed by atoms with van der Waals surface area (Å²) in [6, 6.07) is 9.96. The van der Waals surface area contributed by atoms with Crippen molar-refractivity contribution in [2.24, 2.45) is 4.99 Å². The van der Waals surface area contributed by atoms with Crippen molar-refractivity contribution in [2.75, 3.05) is 30.7 Å². The second-order valence-corrected chi connectivity index (χ2v) is 8.73. The van der Waals surface area contributed by atoms with Crippen molar-refractivity contribution in [3.8, 4) is 0 Å². The standard InChI is InChI=1S/C17H25N3O2S/c21-23(22)13-7-10-16(23)14-18-17(20-11-5-2-6-12-20)19-15-8-3-1-4-9-15/h1,3-4,8-9,16H,2,5-7,10-14H2,(H,18,19). The van der Waals surface area contributed by atoms with E-state index in [1.54, 1.807) is 0 Å². The predicted octanol–water partition coefficient (Wildman–Crippen LogP) is 2.52. The first-order valence-electron chi connectivity index (χ1n) is 8.48. The van der Waals surface area contributed by atoms with E-state index in [2.05, 4.69) is 15.2 Å². The summed E-state index contributed by atoms with van der Waals surface area (Å²) in [6.07, 6.45) is 5.10. The lowest BCUT2D eigenvalue weighted by Crippen LogP contribution is -2.40. The Labute approximate surface area is 138 Å². The van der Waals surface area contributed by atoms with Crippen molar-refractivity contribution >= 4 is 21.5 Å². The number of hydrogen-bond donors (Lipinski definition) is 1. The lowest BCUT2D eigenvalue weighted by Gasteiger charge is -2.30. The van der Waals surface area contributed by atoms with E-state index in [1.165, 1.54) is 6.42 Å². The number of benzene rings is 1. The second kappa shape index (κ2) is 7.34. The zero-order valence-corrected chi connectivity index (χ0v) is 14.3. The number of nitrogens with zero attached hydrogens (tertiary/aromatic N) is 2. The highest BCUT2D eigenvalue weighted by molar-refractivity contribution is 7.92. The minimum atomic E-state index is -2.94. The van der Waals surface area contributed by atoms with E-state index in [0.29, 0.717) is 12.3 Å². The molecule has 0 aliphatic carbocycles. The molecular weight excluding hydrogens is 310 g/mol. The molecular formula is C17H25N3O2S. The van der Waals surface area contributed by atoms with Crippen LogP contribution >= 0.6 is 0 Å². The Morgan fingerprint density at radius 3 is 2.52 bits per heavy atom. The van der Waals surface area contributed by atoms with Gasteiger partial charge in [-0.1, -0.05) is 18.2 Å². The number of piperidine rings is 1.